The molecule has 112 valence electrons. The van der Waals surface area contributed by atoms with E-state index in [9.17, 15) is 4.39 Å². The number of benzene rings is 1. The van der Waals surface area contributed by atoms with Crippen LogP contribution < -0.4 is 15.4 Å². The molecular formula is C13H15ClFN5O. The lowest BCUT2D eigenvalue weighted by molar-refractivity contribution is 0.292. The Labute approximate surface area is 126 Å². The molecule has 0 saturated carbocycles. The Morgan fingerprint density at radius 2 is 2.00 bits per heavy atom. The first-order valence-corrected chi connectivity index (χ1v) is 6.79. The molecule has 0 bridgehead atoms. The molecule has 0 radical (unpaired) electrons. The maximum Gasteiger partial charge on any atom is 0.323 e. The molecule has 0 unspecified atom stereocenters. The van der Waals surface area contributed by atoms with E-state index in [0.29, 0.717) is 12.6 Å². The van der Waals surface area contributed by atoms with Gasteiger partial charge in [-0.1, -0.05) is 24.6 Å². The van der Waals surface area contributed by atoms with Crippen molar-refractivity contribution in [3.05, 3.63) is 29.0 Å². The third-order valence-electron chi connectivity index (χ3n) is 2.47. The molecule has 0 atom stereocenters. The van der Waals surface area contributed by atoms with Crippen LogP contribution in [0.15, 0.2) is 18.2 Å². The van der Waals surface area contributed by atoms with Gasteiger partial charge in [0, 0.05) is 7.05 Å². The van der Waals surface area contributed by atoms with Gasteiger partial charge >= 0.3 is 6.01 Å². The number of halogens is 2. The van der Waals surface area contributed by atoms with Gasteiger partial charge in [-0.25, -0.2) is 4.39 Å². The minimum atomic E-state index is -0.568. The van der Waals surface area contributed by atoms with Crippen LogP contribution >= 0.6 is 11.6 Å². The first-order valence-electron chi connectivity index (χ1n) is 6.41. The van der Waals surface area contributed by atoms with Crippen molar-refractivity contribution in [3.8, 4) is 6.01 Å². The van der Waals surface area contributed by atoms with Crippen LogP contribution in [0.5, 0.6) is 6.01 Å². The lowest BCUT2D eigenvalue weighted by Crippen LogP contribution is -2.08. The Balaban J connectivity index is 2.28. The molecule has 1 aromatic carbocycles. The van der Waals surface area contributed by atoms with Crippen molar-refractivity contribution in [1.29, 1.82) is 0 Å². The van der Waals surface area contributed by atoms with Crippen molar-refractivity contribution >= 4 is 29.2 Å². The second-order valence-corrected chi connectivity index (χ2v) is 4.50. The van der Waals surface area contributed by atoms with Gasteiger partial charge < -0.3 is 15.4 Å². The van der Waals surface area contributed by atoms with Gasteiger partial charge in [0.25, 0.3) is 0 Å². The SMILES string of the molecule is CCCOc1nc(NC)nc(Nc2cccc(Cl)c2F)n1. The fourth-order valence-corrected chi connectivity index (χ4v) is 1.68. The molecular weight excluding hydrogens is 297 g/mol. The lowest BCUT2D eigenvalue weighted by Gasteiger charge is -2.10. The van der Waals surface area contributed by atoms with Gasteiger partial charge in [0.1, 0.15) is 0 Å². The van der Waals surface area contributed by atoms with Crippen molar-refractivity contribution in [2.45, 2.75) is 13.3 Å². The smallest absolute Gasteiger partial charge is 0.323 e. The molecule has 2 rings (SSSR count). The molecule has 2 N–H and O–H groups in total. The van der Waals surface area contributed by atoms with Gasteiger partial charge in [0.05, 0.1) is 17.3 Å². The van der Waals surface area contributed by atoms with E-state index >= 15 is 0 Å². The van der Waals surface area contributed by atoms with Gasteiger partial charge in [-0.15, -0.1) is 0 Å². The summed E-state index contributed by atoms with van der Waals surface area (Å²) in [6.07, 6.45) is 0.826. The van der Waals surface area contributed by atoms with Crippen molar-refractivity contribution in [2.24, 2.45) is 0 Å². The number of nitrogens with one attached hydrogen (secondary N) is 2. The number of anilines is 3. The second-order valence-electron chi connectivity index (χ2n) is 4.09. The molecule has 0 aliphatic carbocycles. The highest BCUT2D eigenvalue weighted by atomic mass is 35.5. The number of hydrogen-bond acceptors (Lipinski definition) is 6. The standard InChI is InChI=1S/C13H15ClFN5O/c1-3-7-21-13-19-11(16-2)18-12(20-13)17-9-6-4-5-8(14)10(9)15/h4-6H,3,7H2,1-2H3,(H2,16,17,18,19,20). The molecule has 0 saturated heterocycles. The highest BCUT2D eigenvalue weighted by Gasteiger charge is 2.11. The van der Waals surface area contributed by atoms with Gasteiger partial charge in [-0.2, -0.15) is 15.0 Å². The molecule has 6 nitrogen and oxygen atoms in total. The average Bonchev–Trinajstić information content (AvgIpc) is 2.49. The minimum Gasteiger partial charge on any atom is -0.463 e. The monoisotopic (exact) mass is 311 g/mol. The van der Waals surface area contributed by atoms with Crippen molar-refractivity contribution < 1.29 is 9.13 Å². The first-order chi connectivity index (χ1) is 10.1. The summed E-state index contributed by atoms with van der Waals surface area (Å²) in [4.78, 5) is 12.2. The van der Waals surface area contributed by atoms with E-state index in [-0.39, 0.29) is 22.7 Å². The molecule has 2 aromatic rings. The number of rotatable bonds is 6. The van der Waals surface area contributed by atoms with Crippen molar-refractivity contribution in [1.82, 2.24) is 15.0 Å². The summed E-state index contributed by atoms with van der Waals surface area (Å²) in [5.74, 6) is -0.0794. The maximum absolute atomic E-state index is 13.9. The summed E-state index contributed by atoms with van der Waals surface area (Å²) in [5, 5.41) is 5.58. The van der Waals surface area contributed by atoms with E-state index in [2.05, 4.69) is 25.6 Å². The summed E-state index contributed by atoms with van der Waals surface area (Å²) >= 11 is 5.73. The fraction of sp³-hybridized carbons (Fsp3) is 0.308. The van der Waals surface area contributed by atoms with Crippen LogP contribution in [-0.4, -0.2) is 28.6 Å². The Bertz CT molecular complexity index is 626. The number of nitrogens with zero attached hydrogens (tertiary/aromatic N) is 3. The highest BCUT2D eigenvalue weighted by molar-refractivity contribution is 6.31. The zero-order valence-corrected chi connectivity index (χ0v) is 12.4. The maximum atomic E-state index is 13.9. The second kappa shape index (κ2) is 7.03. The molecule has 0 aliphatic rings. The third-order valence-corrected chi connectivity index (χ3v) is 2.76. The van der Waals surface area contributed by atoms with E-state index in [1.54, 1.807) is 13.1 Å². The molecule has 1 heterocycles. The van der Waals surface area contributed by atoms with Crippen LogP contribution in [-0.2, 0) is 0 Å². The molecule has 0 amide bonds. The first kappa shape index (κ1) is 15.2. The van der Waals surface area contributed by atoms with E-state index in [4.69, 9.17) is 16.3 Å². The Hall–Kier alpha value is -2.15. The lowest BCUT2D eigenvalue weighted by atomic mass is 10.3. The van der Waals surface area contributed by atoms with Crippen LogP contribution in [0.25, 0.3) is 0 Å². The molecule has 0 spiro atoms. The summed E-state index contributed by atoms with van der Waals surface area (Å²) < 4.78 is 19.2. The van der Waals surface area contributed by atoms with Crippen molar-refractivity contribution in [2.75, 3.05) is 24.3 Å². The summed E-state index contributed by atoms with van der Waals surface area (Å²) in [6, 6.07) is 4.80. The van der Waals surface area contributed by atoms with Crippen molar-refractivity contribution in [3.63, 3.8) is 0 Å². The van der Waals surface area contributed by atoms with Gasteiger partial charge in [-0.3, -0.25) is 0 Å². The predicted octanol–water partition coefficient (Wildman–Crippen LogP) is 3.24. The Kier molecular flexibility index (Phi) is 5.10. The molecule has 8 heteroatoms. The predicted molar refractivity (Wildman–Crippen MR) is 79.9 cm³/mol. The quantitative estimate of drug-likeness (QED) is 0.853. The summed E-state index contributed by atoms with van der Waals surface area (Å²) in [7, 11) is 1.67. The number of hydrogen-bond donors (Lipinski definition) is 2. The average molecular weight is 312 g/mol. The zero-order chi connectivity index (χ0) is 15.2. The number of aromatic nitrogens is 3. The van der Waals surface area contributed by atoms with Gasteiger partial charge in [-0.05, 0) is 18.6 Å². The topological polar surface area (TPSA) is 72.0 Å². The van der Waals surface area contributed by atoms with Crippen LogP contribution in [0.2, 0.25) is 5.02 Å². The third kappa shape index (κ3) is 3.91. The van der Waals surface area contributed by atoms with Gasteiger partial charge in [0.2, 0.25) is 11.9 Å². The number of ether oxygens (including phenoxy) is 1. The van der Waals surface area contributed by atoms with Gasteiger partial charge in [0.15, 0.2) is 5.82 Å². The van der Waals surface area contributed by atoms with Crippen LogP contribution in [0.1, 0.15) is 13.3 Å². The van der Waals surface area contributed by atoms with Crippen LogP contribution in [0, 0.1) is 5.82 Å². The van der Waals surface area contributed by atoms with E-state index < -0.39 is 5.82 Å². The Morgan fingerprint density at radius 3 is 2.71 bits per heavy atom. The normalized spacial score (nSPS) is 10.3. The summed E-state index contributed by atoms with van der Waals surface area (Å²) in [6.45, 7) is 2.46. The van der Waals surface area contributed by atoms with Crippen LogP contribution in [0.3, 0.4) is 0 Å². The highest BCUT2D eigenvalue weighted by Crippen LogP contribution is 2.24. The fourth-order valence-electron chi connectivity index (χ4n) is 1.50. The van der Waals surface area contributed by atoms with E-state index in [1.165, 1.54) is 12.1 Å². The molecule has 0 aliphatic heterocycles. The molecule has 0 fully saturated rings. The van der Waals surface area contributed by atoms with E-state index in [1.807, 2.05) is 6.92 Å². The largest absolute Gasteiger partial charge is 0.463 e. The van der Waals surface area contributed by atoms with Crippen LogP contribution in [0.4, 0.5) is 22.0 Å². The Morgan fingerprint density at radius 1 is 1.24 bits per heavy atom. The van der Waals surface area contributed by atoms with E-state index in [0.717, 1.165) is 6.42 Å². The zero-order valence-electron chi connectivity index (χ0n) is 11.7. The molecule has 1 aromatic heterocycles. The summed E-state index contributed by atoms with van der Waals surface area (Å²) in [5.41, 5.74) is 0.178. The minimum absolute atomic E-state index is 0.0188. The molecule has 21 heavy (non-hydrogen) atoms.